The Hall–Kier alpha value is -3.51. The van der Waals surface area contributed by atoms with Gasteiger partial charge >= 0.3 is 0 Å². The van der Waals surface area contributed by atoms with E-state index < -0.39 is 0 Å². The molecule has 5 nitrogen and oxygen atoms in total. The Bertz CT molecular complexity index is 1400. The lowest BCUT2D eigenvalue weighted by molar-refractivity contribution is -0.135. The van der Waals surface area contributed by atoms with E-state index in [2.05, 4.69) is 41.1 Å². The first-order valence-corrected chi connectivity index (χ1v) is 13.4. The van der Waals surface area contributed by atoms with Gasteiger partial charge in [-0.05, 0) is 78.4 Å². The maximum absolute atomic E-state index is 13.4. The van der Waals surface area contributed by atoms with Gasteiger partial charge in [-0.15, -0.1) is 0 Å². The van der Waals surface area contributed by atoms with E-state index >= 15 is 0 Å². The largest absolute Gasteiger partial charge is 0.378 e. The highest BCUT2D eigenvalue weighted by molar-refractivity contribution is 5.87. The van der Waals surface area contributed by atoms with Gasteiger partial charge in [-0.1, -0.05) is 31.4 Å². The van der Waals surface area contributed by atoms with Gasteiger partial charge in [0.25, 0.3) is 0 Å². The molecule has 3 heterocycles. The topological polar surface area (TPSA) is 47.4 Å². The number of hydrogen-bond donors (Lipinski definition) is 0. The summed E-state index contributed by atoms with van der Waals surface area (Å²) in [6, 6.07) is 19.1. The normalized spacial score (nSPS) is 16.8. The molecule has 0 spiro atoms. The lowest BCUT2D eigenvalue weighted by Gasteiger charge is -2.28. The summed E-state index contributed by atoms with van der Waals surface area (Å²) in [5.41, 5.74) is 6.23. The van der Waals surface area contributed by atoms with Crippen LogP contribution >= 0.6 is 0 Å². The Morgan fingerprint density at radius 3 is 2.46 bits per heavy atom. The molecule has 1 aliphatic heterocycles. The van der Waals surface area contributed by atoms with Crippen LogP contribution in [0.4, 0.5) is 4.39 Å². The molecule has 0 bridgehead atoms. The minimum atomic E-state index is -0.252. The summed E-state index contributed by atoms with van der Waals surface area (Å²) in [6.07, 6.45) is 8.32. The van der Waals surface area contributed by atoms with Crippen molar-refractivity contribution in [2.45, 2.75) is 44.6 Å². The Labute approximate surface area is 216 Å². The van der Waals surface area contributed by atoms with Gasteiger partial charge in [0.1, 0.15) is 12.4 Å². The minimum absolute atomic E-state index is 0.140. The molecule has 37 heavy (non-hydrogen) atoms. The fourth-order valence-corrected chi connectivity index (χ4v) is 5.81. The first-order valence-electron chi connectivity index (χ1n) is 13.4. The van der Waals surface area contributed by atoms with Crippen molar-refractivity contribution in [3.05, 3.63) is 78.2 Å². The second-order valence-electron chi connectivity index (χ2n) is 10.2. The molecule has 0 radical (unpaired) electrons. The number of carbonyl (C=O) groups is 1. The van der Waals surface area contributed by atoms with Gasteiger partial charge < -0.3 is 14.2 Å². The van der Waals surface area contributed by atoms with Crippen LogP contribution in [0, 0.1) is 5.82 Å². The van der Waals surface area contributed by atoms with Crippen molar-refractivity contribution in [1.82, 2.24) is 14.5 Å². The fraction of sp³-hybridized carbons (Fsp3) is 0.355. The van der Waals surface area contributed by atoms with Crippen LogP contribution < -0.4 is 0 Å². The molecule has 6 heteroatoms. The molecule has 6 rings (SSSR count). The zero-order valence-corrected chi connectivity index (χ0v) is 21.0. The molecule has 0 unspecified atom stereocenters. The molecule has 1 amide bonds. The van der Waals surface area contributed by atoms with E-state index in [1.54, 1.807) is 12.1 Å². The van der Waals surface area contributed by atoms with E-state index in [0.29, 0.717) is 38.8 Å². The van der Waals surface area contributed by atoms with Crippen LogP contribution in [0.15, 0.2) is 66.9 Å². The highest BCUT2D eigenvalue weighted by Gasteiger charge is 2.24. The van der Waals surface area contributed by atoms with E-state index in [1.807, 2.05) is 11.0 Å². The van der Waals surface area contributed by atoms with Crippen molar-refractivity contribution < 1.29 is 13.9 Å². The molecule has 0 atom stereocenters. The third-order valence-corrected chi connectivity index (χ3v) is 7.81. The van der Waals surface area contributed by atoms with E-state index in [-0.39, 0.29) is 11.7 Å². The number of fused-ring (bicyclic) bond motifs is 1. The van der Waals surface area contributed by atoms with Crippen LogP contribution in [0.1, 0.15) is 43.6 Å². The summed E-state index contributed by atoms with van der Waals surface area (Å²) in [6.45, 7) is 2.86. The summed E-state index contributed by atoms with van der Waals surface area (Å²) in [5.74, 6) is 0.415. The molecule has 2 aliphatic rings. The number of benzene rings is 2. The number of carbonyl (C=O) groups excluding carboxylic acids is 1. The van der Waals surface area contributed by atoms with E-state index in [1.165, 1.54) is 49.8 Å². The molecule has 2 aromatic carbocycles. The summed E-state index contributed by atoms with van der Waals surface area (Å²) in [7, 11) is 0. The second-order valence-corrected chi connectivity index (χ2v) is 10.2. The first-order chi connectivity index (χ1) is 18.2. The molecule has 4 aromatic rings. The number of aromatic nitrogens is 2. The third kappa shape index (κ3) is 5.03. The summed E-state index contributed by atoms with van der Waals surface area (Å²) >= 11 is 0. The molecular weight excluding hydrogens is 465 g/mol. The van der Waals surface area contributed by atoms with Crippen molar-refractivity contribution in [2.24, 2.45) is 0 Å². The van der Waals surface area contributed by atoms with Crippen LogP contribution in [-0.2, 0) is 16.1 Å². The molecule has 2 fully saturated rings. The molecule has 1 aliphatic carbocycles. The maximum Gasteiger partial charge on any atom is 0.242 e. The lowest BCUT2D eigenvalue weighted by atomic mass is 9.83. The number of halogens is 1. The van der Waals surface area contributed by atoms with E-state index in [4.69, 9.17) is 9.72 Å². The van der Waals surface area contributed by atoms with Crippen LogP contribution in [0.3, 0.4) is 0 Å². The van der Waals surface area contributed by atoms with Gasteiger partial charge in [0.2, 0.25) is 5.91 Å². The van der Waals surface area contributed by atoms with E-state index in [0.717, 1.165) is 33.4 Å². The summed E-state index contributed by atoms with van der Waals surface area (Å²) < 4.78 is 20.9. The van der Waals surface area contributed by atoms with Gasteiger partial charge in [-0.3, -0.25) is 4.79 Å². The number of nitrogens with zero attached hydrogens (tertiary/aromatic N) is 3. The number of rotatable bonds is 5. The minimum Gasteiger partial charge on any atom is -0.378 e. The first kappa shape index (κ1) is 23.9. The number of pyridine rings is 1. The number of amides is 1. The summed E-state index contributed by atoms with van der Waals surface area (Å²) in [5, 5.41) is 1.05. The van der Waals surface area contributed by atoms with Crippen molar-refractivity contribution in [3.63, 3.8) is 0 Å². The second kappa shape index (κ2) is 10.5. The zero-order valence-electron chi connectivity index (χ0n) is 21.0. The Balaban J connectivity index is 1.36. The lowest BCUT2D eigenvalue weighted by Crippen LogP contribution is -2.42. The van der Waals surface area contributed by atoms with Crippen molar-refractivity contribution in [2.75, 3.05) is 26.3 Å². The van der Waals surface area contributed by atoms with Crippen LogP contribution in [0.5, 0.6) is 0 Å². The molecular formula is C31H32FN3O2. The average molecular weight is 498 g/mol. The number of ether oxygens (including phenoxy) is 1. The molecule has 2 aromatic heterocycles. The Kier molecular flexibility index (Phi) is 6.75. The molecule has 0 N–H and O–H groups in total. The van der Waals surface area contributed by atoms with E-state index in [9.17, 15) is 9.18 Å². The van der Waals surface area contributed by atoms with Gasteiger partial charge in [-0.25, -0.2) is 9.37 Å². The summed E-state index contributed by atoms with van der Waals surface area (Å²) in [4.78, 5) is 19.9. The average Bonchev–Trinajstić information content (AvgIpc) is 3.37. The Morgan fingerprint density at radius 2 is 1.68 bits per heavy atom. The SMILES string of the molecule is O=C(Cn1ccc(C2CCCCC2)c1-c1ccc2nc(-c3ccc(F)cc3)ccc2c1)N1CCOCC1. The van der Waals surface area contributed by atoms with Crippen LogP contribution in [0.25, 0.3) is 33.4 Å². The fourth-order valence-electron chi connectivity index (χ4n) is 5.81. The molecule has 1 saturated carbocycles. The van der Waals surface area contributed by atoms with Gasteiger partial charge in [-0.2, -0.15) is 0 Å². The van der Waals surface area contributed by atoms with Gasteiger partial charge in [0.15, 0.2) is 0 Å². The number of morpholine rings is 1. The van der Waals surface area contributed by atoms with Crippen molar-refractivity contribution in [1.29, 1.82) is 0 Å². The van der Waals surface area contributed by atoms with Gasteiger partial charge in [0, 0.05) is 30.2 Å². The van der Waals surface area contributed by atoms with Crippen molar-refractivity contribution in [3.8, 4) is 22.5 Å². The number of hydrogen-bond acceptors (Lipinski definition) is 3. The standard InChI is InChI=1S/C31H32FN3O2/c32-26-10-6-23(7-11-26)28-12-8-24-20-25(9-13-29(24)33-28)31-27(22-4-2-1-3-5-22)14-15-35(31)21-30(36)34-16-18-37-19-17-34/h6-15,20,22H,1-5,16-19,21H2. The van der Waals surface area contributed by atoms with Crippen molar-refractivity contribution >= 4 is 16.8 Å². The predicted molar refractivity (Wildman–Crippen MR) is 144 cm³/mol. The van der Waals surface area contributed by atoms with Crippen LogP contribution in [-0.4, -0.2) is 46.7 Å². The monoisotopic (exact) mass is 497 g/mol. The highest BCUT2D eigenvalue weighted by atomic mass is 19.1. The van der Waals surface area contributed by atoms with Gasteiger partial charge in [0.05, 0.1) is 30.1 Å². The quantitative estimate of drug-likeness (QED) is 0.320. The third-order valence-electron chi connectivity index (χ3n) is 7.81. The molecule has 190 valence electrons. The Morgan fingerprint density at radius 1 is 0.919 bits per heavy atom. The smallest absolute Gasteiger partial charge is 0.242 e. The molecule has 1 saturated heterocycles. The highest BCUT2D eigenvalue weighted by Crippen LogP contribution is 2.39. The zero-order chi connectivity index (χ0) is 25.2. The van der Waals surface area contributed by atoms with Crippen LogP contribution in [0.2, 0.25) is 0 Å². The maximum atomic E-state index is 13.4. The predicted octanol–water partition coefficient (Wildman–Crippen LogP) is 6.42.